The molecular weight excluding hydrogens is 296 g/mol. The molecule has 1 N–H and O–H groups in total. The molecule has 0 saturated carbocycles. The summed E-state index contributed by atoms with van der Waals surface area (Å²) in [4.78, 5) is 18.0. The second kappa shape index (κ2) is 6.52. The molecule has 3 nitrogen and oxygen atoms in total. The van der Waals surface area contributed by atoms with Crippen LogP contribution in [0.3, 0.4) is 0 Å². The van der Waals surface area contributed by atoms with Crippen LogP contribution in [0.4, 0.5) is 5.69 Å². The SMILES string of the molecule is O=C(CCCc1c[nH]c2ccccc12)N1CCCc2ccccc21. The predicted octanol–water partition coefficient (Wildman–Crippen LogP) is 4.47. The number of H-pyrrole nitrogens is 1. The van der Waals surface area contributed by atoms with E-state index in [4.69, 9.17) is 0 Å². The van der Waals surface area contributed by atoms with Crippen LogP contribution in [0, 0.1) is 0 Å². The molecule has 3 heteroatoms. The number of amides is 1. The number of anilines is 1. The van der Waals surface area contributed by atoms with Crippen molar-refractivity contribution in [2.45, 2.75) is 32.1 Å². The molecule has 1 aliphatic heterocycles. The molecular formula is C21H22N2O. The Balaban J connectivity index is 1.41. The van der Waals surface area contributed by atoms with E-state index in [9.17, 15) is 4.79 Å². The molecule has 1 aliphatic rings. The van der Waals surface area contributed by atoms with Gasteiger partial charge >= 0.3 is 0 Å². The number of rotatable bonds is 4. The Labute approximate surface area is 142 Å². The second-order valence-electron chi connectivity index (χ2n) is 6.49. The fourth-order valence-electron chi connectivity index (χ4n) is 3.70. The summed E-state index contributed by atoms with van der Waals surface area (Å²) in [5.74, 6) is 0.252. The van der Waals surface area contributed by atoms with E-state index in [-0.39, 0.29) is 5.91 Å². The number of hydrogen-bond acceptors (Lipinski definition) is 1. The van der Waals surface area contributed by atoms with Crippen LogP contribution in [0.1, 0.15) is 30.4 Å². The van der Waals surface area contributed by atoms with Crippen molar-refractivity contribution in [3.63, 3.8) is 0 Å². The van der Waals surface area contributed by atoms with E-state index in [1.165, 1.54) is 22.0 Å². The van der Waals surface area contributed by atoms with Gasteiger partial charge in [0, 0.05) is 35.8 Å². The fourth-order valence-corrected chi connectivity index (χ4v) is 3.70. The van der Waals surface area contributed by atoms with Crippen LogP contribution in [0.25, 0.3) is 10.9 Å². The molecule has 0 aliphatic carbocycles. The number of aromatic nitrogens is 1. The van der Waals surface area contributed by atoms with Gasteiger partial charge in [0.2, 0.25) is 5.91 Å². The van der Waals surface area contributed by atoms with Crippen molar-refractivity contribution < 1.29 is 4.79 Å². The van der Waals surface area contributed by atoms with Crippen molar-refractivity contribution in [1.29, 1.82) is 0 Å². The molecule has 2 aromatic carbocycles. The van der Waals surface area contributed by atoms with Gasteiger partial charge in [0.1, 0.15) is 0 Å². The molecule has 2 heterocycles. The monoisotopic (exact) mass is 318 g/mol. The summed E-state index contributed by atoms with van der Waals surface area (Å²) in [7, 11) is 0. The van der Waals surface area contributed by atoms with E-state index >= 15 is 0 Å². The first kappa shape index (κ1) is 15.0. The Kier molecular flexibility index (Phi) is 4.08. The number of nitrogens with one attached hydrogen (secondary N) is 1. The minimum absolute atomic E-state index is 0.252. The van der Waals surface area contributed by atoms with Gasteiger partial charge in [0.05, 0.1) is 0 Å². The lowest BCUT2D eigenvalue weighted by molar-refractivity contribution is -0.118. The van der Waals surface area contributed by atoms with E-state index in [2.05, 4.69) is 47.6 Å². The Morgan fingerprint density at radius 2 is 1.92 bits per heavy atom. The largest absolute Gasteiger partial charge is 0.361 e. The number of benzene rings is 2. The Morgan fingerprint density at radius 1 is 1.08 bits per heavy atom. The maximum absolute atomic E-state index is 12.7. The van der Waals surface area contributed by atoms with Crippen molar-refractivity contribution in [1.82, 2.24) is 4.98 Å². The highest BCUT2D eigenvalue weighted by atomic mass is 16.2. The van der Waals surface area contributed by atoms with Crippen molar-refractivity contribution in [2.24, 2.45) is 0 Å². The van der Waals surface area contributed by atoms with Crippen LogP contribution in [0.15, 0.2) is 54.7 Å². The number of nitrogens with zero attached hydrogens (tertiary/aromatic N) is 1. The average Bonchev–Trinajstić information content (AvgIpc) is 3.04. The van der Waals surface area contributed by atoms with Crippen LogP contribution in [0.5, 0.6) is 0 Å². The first-order chi connectivity index (χ1) is 11.8. The van der Waals surface area contributed by atoms with Crippen molar-refractivity contribution >= 4 is 22.5 Å². The summed E-state index contributed by atoms with van der Waals surface area (Å²) in [6, 6.07) is 16.6. The van der Waals surface area contributed by atoms with Crippen LogP contribution >= 0.6 is 0 Å². The minimum atomic E-state index is 0.252. The van der Waals surface area contributed by atoms with E-state index in [0.717, 1.165) is 37.9 Å². The Hall–Kier alpha value is -2.55. The number of carbonyl (C=O) groups is 1. The number of carbonyl (C=O) groups excluding carboxylic acids is 1. The molecule has 24 heavy (non-hydrogen) atoms. The zero-order valence-corrected chi connectivity index (χ0v) is 13.8. The highest BCUT2D eigenvalue weighted by Crippen LogP contribution is 2.27. The summed E-state index contributed by atoms with van der Waals surface area (Å²) in [5, 5.41) is 1.27. The number of hydrogen-bond donors (Lipinski definition) is 1. The van der Waals surface area contributed by atoms with Crippen molar-refractivity contribution in [3.8, 4) is 0 Å². The summed E-state index contributed by atoms with van der Waals surface area (Å²) in [6.45, 7) is 0.850. The van der Waals surface area contributed by atoms with E-state index in [1.54, 1.807) is 0 Å². The topological polar surface area (TPSA) is 36.1 Å². The van der Waals surface area contributed by atoms with Gasteiger partial charge in [-0.1, -0.05) is 36.4 Å². The smallest absolute Gasteiger partial charge is 0.226 e. The average molecular weight is 318 g/mol. The number of para-hydroxylation sites is 2. The summed E-state index contributed by atoms with van der Waals surface area (Å²) in [6.07, 6.45) is 6.64. The van der Waals surface area contributed by atoms with Crippen LogP contribution in [-0.2, 0) is 17.6 Å². The molecule has 0 saturated heterocycles. The maximum atomic E-state index is 12.7. The molecule has 0 atom stereocenters. The molecule has 0 fully saturated rings. The fraction of sp³-hybridized carbons (Fsp3) is 0.286. The third kappa shape index (κ3) is 2.82. The van der Waals surface area contributed by atoms with Gasteiger partial charge < -0.3 is 9.88 Å². The summed E-state index contributed by atoms with van der Waals surface area (Å²) >= 11 is 0. The first-order valence-corrected chi connectivity index (χ1v) is 8.76. The highest BCUT2D eigenvalue weighted by Gasteiger charge is 2.21. The van der Waals surface area contributed by atoms with Gasteiger partial charge in [0.25, 0.3) is 0 Å². The molecule has 1 amide bonds. The van der Waals surface area contributed by atoms with Gasteiger partial charge in [-0.2, -0.15) is 0 Å². The third-order valence-electron chi connectivity index (χ3n) is 4.92. The van der Waals surface area contributed by atoms with Crippen molar-refractivity contribution in [2.75, 3.05) is 11.4 Å². The third-order valence-corrected chi connectivity index (χ3v) is 4.92. The normalized spacial score (nSPS) is 13.9. The molecule has 0 unspecified atom stereocenters. The molecule has 3 aromatic rings. The number of aromatic amines is 1. The lowest BCUT2D eigenvalue weighted by atomic mass is 10.0. The van der Waals surface area contributed by atoms with Crippen molar-refractivity contribution in [3.05, 3.63) is 65.9 Å². The van der Waals surface area contributed by atoms with E-state index in [1.807, 2.05) is 17.0 Å². The summed E-state index contributed by atoms with van der Waals surface area (Å²) < 4.78 is 0. The predicted molar refractivity (Wildman–Crippen MR) is 98.4 cm³/mol. The van der Waals surface area contributed by atoms with Gasteiger partial charge in [-0.15, -0.1) is 0 Å². The quantitative estimate of drug-likeness (QED) is 0.757. The molecule has 1 aromatic heterocycles. The number of aryl methyl sites for hydroxylation is 2. The van der Waals surface area contributed by atoms with Gasteiger partial charge in [0.15, 0.2) is 0 Å². The molecule has 4 rings (SSSR count). The lowest BCUT2D eigenvalue weighted by Crippen LogP contribution is -2.35. The zero-order valence-electron chi connectivity index (χ0n) is 13.8. The van der Waals surface area contributed by atoms with Gasteiger partial charge in [-0.25, -0.2) is 0 Å². The van der Waals surface area contributed by atoms with E-state index in [0.29, 0.717) is 6.42 Å². The molecule has 0 spiro atoms. The molecule has 122 valence electrons. The zero-order chi connectivity index (χ0) is 16.4. The van der Waals surface area contributed by atoms with E-state index < -0.39 is 0 Å². The van der Waals surface area contributed by atoms with Crippen LogP contribution in [-0.4, -0.2) is 17.4 Å². The highest BCUT2D eigenvalue weighted by molar-refractivity contribution is 5.94. The van der Waals surface area contributed by atoms with Crippen LogP contribution in [0.2, 0.25) is 0 Å². The van der Waals surface area contributed by atoms with Crippen LogP contribution < -0.4 is 4.90 Å². The van der Waals surface area contributed by atoms with Gasteiger partial charge in [-0.3, -0.25) is 4.79 Å². The summed E-state index contributed by atoms with van der Waals surface area (Å²) in [5.41, 5.74) is 4.89. The second-order valence-corrected chi connectivity index (χ2v) is 6.49. The minimum Gasteiger partial charge on any atom is -0.361 e. The van der Waals surface area contributed by atoms with Gasteiger partial charge in [-0.05, 0) is 48.9 Å². The molecule has 0 radical (unpaired) electrons. The Morgan fingerprint density at radius 3 is 2.88 bits per heavy atom. The Bertz CT molecular complexity index is 865. The first-order valence-electron chi connectivity index (χ1n) is 8.76. The molecule has 0 bridgehead atoms. The number of fused-ring (bicyclic) bond motifs is 2. The standard InChI is InChI=1S/C21H22N2O/c24-21(23-14-6-9-16-7-1-4-12-20(16)23)13-5-8-17-15-22-19-11-3-2-10-18(17)19/h1-4,7,10-12,15,22H,5-6,8-9,13-14H2. The lowest BCUT2D eigenvalue weighted by Gasteiger charge is -2.29. The maximum Gasteiger partial charge on any atom is 0.226 e.